The van der Waals surface area contributed by atoms with Gasteiger partial charge in [0.2, 0.25) is 17.8 Å². The van der Waals surface area contributed by atoms with Gasteiger partial charge in [-0.15, -0.1) is 0 Å². The third-order valence-corrected chi connectivity index (χ3v) is 6.66. The number of rotatable bonds is 7. The molecule has 2 amide bonds. The molecule has 0 aliphatic heterocycles. The zero-order valence-corrected chi connectivity index (χ0v) is 20.7. The van der Waals surface area contributed by atoms with Gasteiger partial charge in [-0.3, -0.25) is 14.3 Å². The van der Waals surface area contributed by atoms with Crippen LogP contribution in [-0.2, 0) is 16.8 Å². The van der Waals surface area contributed by atoms with Crippen LogP contribution in [0.5, 0.6) is 0 Å². The van der Waals surface area contributed by atoms with Crippen LogP contribution in [0.2, 0.25) is 0 Å². The van der Waals surface area contributed by atoms with Crippen molar-refractivity contribution in [2.45, 2.75) is 38.6 Å². The molecule has 1 aliphatic carbocycles. The van der Waals surface area contributed by atoms with E-state index in [0.717, 1.165) is 18.4 Å². The molecular weight excluding hydrogens is 463 g/mol. The molecule has 4 N–H and O–H groups in total. The fourth-order valence-electron chi connectivity index (χ4n) is 4.25. The number of aryl methyl sites for hydroxylation is 1. The number of halogens is 1. The van der Waals surface area contributed by atoms with Gasteiger partial charge >= 0.3 is 0 Å². The fraction of sp³-hybridized carbons (Fsp3) is 0.360. The van der Waals surface area contributed by atoms with E-state index in [1.54, 1.807) is 33.2 Å². The SMILES string of the molecule is Cc1nc(N)nc(F)c1-c1ccc(C(C)(C(N)=NC(=O)c2cnn(CC(=O)N(C)C)c2)C2CC2)cc1. The molecule has 2 aromatic heterocycles. The fourth-order valence-corrected chi connectivity index (χ4v) is 4.25. The summed E-state index contributed by atoms with van der Waals surface area (Å²) in [5.41, 5.74) is 13.7. The molecule has 1 fully saturated rings. The highest BCUT2D eigenvalue weighted by molar-refractivity contribution is 6.06. The molecule has 1 saturated carbocycles. The first kappa shape index (κ1) is 25.0. The standard InChI is InChI=1S/C25H29FN8O2/c1-14-20(21(26)31-24(28)30-14)15-5-7-17(8-6-15)25(2,18-9-10-18)23(27)32-22(36)16-11-29-34(12-16)13-19(35)33(3)4/h5-8,11-12,18H,9-10,13H2,1-4H3,(H2,27,32,36)(H2,28,30,31). The van der Waals surface area contributed by atoms with E-state index in [9.17, 15) is 14.0 Å². The number of amides is 2. The summed E-state index contributed by atoms with van der Waals surface area (Å²) in [4.78, 5) is 38.1. The first-order chi connectivity index (χ1) is 17.0. The quantitative estimate of drug-likeness (QED) is 0.292. The van der Waals surface area contributed by atoms with E-state index < -0.39 is 17.3 Å². The second-order valence-electron chi connectivity index (χ2n) is 9.40. The van der Waals surface area contributed by atoms with E-state index in [4.69, 9.17) is 11.5 Å². The molecule has 10 nitrogen and oxygen atoms in total. The van der Waals surface area contributed by atoms with Gasteiger partial charge in [-0.25, -0.2) is 4.98 Å². The van der Waals surface area contributed by atoms with Gasteiger partial charge in [0.05, 0.1) is 28.4 Å². The van der Waals surface area contributed by atoms with Crippen LogP contribution in [0.3, 0.4) is 0 Å². The number of anilines is 1. The van der Waals surface area contributed by atoms with Crippen molar-refractivity contribution in [3.8, 4) is 11.1 Å². The molecule has 3 aromatic rings. The number of carbonyl (C=O) groups is 2. The summed E-state index contributed by atoms with van der Waals surface area (Å²) < 4.78 is 15.9. The molecule has 1 atom stereocenters. The minimum absolute atomic E-state index is 0.0186. The van der Waals surface area contributed by atoms with Gasteiger partial charge in [-0.2, -0.15) is 19.5 Å². The molecule has 11 heteroatoms. The second-order valence-corrected chi connectivity index (χ2v) is 9.40. The number of aromatic nitrogens is 4. The van der Waals surface area contributed by atoms with Crippen molar-refractivity contribution in [3.63, 3.8) is 0 Å². The highest BCUT2D eigenvalue weighted by Gasteiger charge is 2.46. The highest BCUT2D eigenvalue weighted by Crippen LogP contribution is 2.48. The zero-order valence-electron chi connectivity index (χ0n) is 20.7. The molecule has 1 aromatic carbocycles. The van der Waals surface area contributed by atoms with Crippen molar-refractivity contribution in [1.29, 1.82) is 0 Å². The number of likely N-dealkylation sites (N-methyl/N-ethyl adjacent to an activating group) is 1. The Hall–Kier alpha value is -4.15. The van der Waals surface area contributed by atoms with Crippen molar-refractivity contribution in [2.75, 3.05) is 19.8 Å². The molecule has 1 unspecified atom stereocenters. The van der Waals surface area contributed by atoms with E-state index in [2.05, 4.69) is 20.1 Å². The Kier molecular flexibility index (Phi) is 6.57. The van der Waals surface area contributed by atoms with Gasteiger partial charge in [-0.1, -0.05) is 24.3 Å². The largest absolute Gasteiger partial charge is 0.386 e. The van der Waals surface area contributed by atoms with Gasteiger partial charge in [0.25, 0.3) is 5.91 Å². The van der Waals surface area contributed by atoms with Crippen LogP contribution in [0.4, 0.5) is 10.3 Å². The third-order valence-electron chi connectivity index (χ3n) is 6.66. The van der Waals surface area contributed by atoms with Gasteiger partial charge in [0.15, 0.2) is 0 Å². The molecule has 188 valence electrons. The number of benzene rings is 1. The first-order valence-electron chi connectivity index (χ1n) is 11.5. The lowest BCUT2D eigenvalue weighted by Crippen LogP contribution is -2.41. The third kappa shape index (κ3) is 4.81. The number of nitrogens with zero attached hydrogens (tertiary/aromatic N) is 6. The summed E-state index contributed by atoms with van der Waals surface area (Å²) in [7, 11) is 3.30. The Morgan fingerprint density at radius 2 is 1.89 bits per heavy atom. The molecule has 2 heterocycles. The summed E-state index contributed by atoms with van der Waals surface area (Å²) in [6.45, 7) is 3.65. The maximum atomic E-state index is 14.5. The Bertz CT molecular complexity index is 1320. The van der Waals surface area contributed by atoms with E-state index in [1.165, 1.54) is 22.0 Å². The maximum absolute atomic E-state index is 14.5. The van der Waals surface area contributed by atoms with Crippen molar-refractivity contribution < 1.29 is 14.0 Å². The summed E-state index contributed by atoms with van der Waals surface area (Å²) >= 11 is 0. The number of nitrogen functional groups attached to an aromatic ring is 1. The molecule has 1 aliphatic rings. The average molecular weight is 493 g/mol. The van der Waals surface area contributed by atoms with E-state index in [-0.39, 0.29) is 41.3 Å². The number of hydrogen-bond donors (Lipinski definition) is 2. The Morgan fingerprint density at radius 1 is 1.22 bits per heavy atom. The number of aliphatic imine (C=N–C) groups is 1. The van der Waals surface area contributed by atoms with Crippen molar-refractivity contribution in [1.82, 2.24) is 24.6 Å². The molecule has 0 spiro atoms. The lowest BCUT2D eigenvalue weighted by molar-refractivity contribution is -0.129. The summed E-state index contributed by atoms with van der Waals surface area (Å²) in [5.74, 6) is -1.06. The predicted molar refractivity (Wildman–Crippen MR) is 134 cm³/mol. The molecule has 4 rings (SSSR count). The van der Waals surface area contributed by atoms with Crippen molar-refractivity contribution in [3.05, 3.63) is 59.4 Å². The summed E-state index contributed by atoms with van der Waals surface area (Å²) in [5, 5.41) is 4.08. The molecular formula is C25H29FN8O2. The van der Waals surface area contributed by atoms with Crippen LogP contribution in [0.25, 0.3) is 11.1 Å². The number of nitrogens with two attached hydrogens (primary N) is 2. The minimum atomic E-state index is -0.684. The van der Waals surface area contributed by atoms with Crippen LogP contribution in [0.15, 0.2) is 41.7 Å². The Morgan fingerprint density at radius 3 is 2.47 bits per heavy atom. The van der Waals surface area contributed by atoms with Crippen LogP contribution >= 0.6 is 0 Å². The number of hydrogen-bond acceptors (Lipinski definition) is 6. The van der Waals surface area contributed by atoms with E-state index in [1.807, 2.05) is 19.1 Å². The average Bonchev–Trinajstić information content (AvgIpc) is 3.57. The molecule has 0 radical (unpaired) electrons. The van der Waals surface area contributed by atoms with Crippen molar-refractivity contribution in [2.24, 2.45) is 16.6 Å². The molecule has 36 heavy (non-hydrogen) atoms. The summed E-state index contributed by atoms with van der Waals surface area (Å²) in [6.07, 6.45) is 4.76. The summed E-state index contributed by atoms with van der Waals surface area (Å²) in [6, 6.07) is 7.28. The van der Waals surface area contributed by atoms with Gasteiger partial charge in [0.1, 0.15) is 12.4 Å². The lowest BCUT2D eigenvalue weighted by atomic mass is 9.76. The van der Waals surface area contributed by atoms with Crippen LogP contribution in [0.1, 0.15) is 41.4 Å². The van der Waals surface area contributed by atoms with E-state index >= 15 is 0 Å². The predicted octanol–water partition coefficient (Wildman–Crippen LogP) is 2.32. The van der Waals surface area contributed by atoms with Crippen LogP contribution in [0, 0.1) is 18.8 Å². The molecule has 0 saturated heterocycles. The monoisotopic (exact) mass is 492 g/mol. The number of amidine groups is 1. The lowest BCUT2D eigenvalue weighted by Gasteiger charge is -2.30. The topological polar surface area (TPSA) is 145 Å². The van der Waals surface area contributed by atoms with Crippen LogP contribution in [-0.4, -0.2) is 56.4 Å². The smallest absolute Gasteiger partial charge is 0.281 e. The van der Waals surface area contributed by atoms with E-state index in [0.29, 0.717) is 11.3 Å². The van der Waals surface area contributed by atoms with Gasteiger partial charge < -0.3 is 16.4 Å². The highest BCUT2D eigenvalue weighted by atomic mass is 19.1. The van der Waals surface area contributed by atoms with Crippen LogP contribution < -0.4 is 11.5 Å². The Labute approximate surface area is 208 Å². The van der Waals surface area contributed by atoms with Gasteiger partial charge in [0, 0.05) is 20.3 Å². The van der Waals surface area contributed by atoms with Crippen molar-refractivity contribution >= 4 is 23.6 Å². The molecule has 0 bridgehead atoms. The second kappa shape index (κ2) is 9.48. The first-order valence-corrected chi connectivity index (χ1v) is 11.5. The van der Waals surface area contributed by atoms with Gasteiger partial charge in [-0.05, 0) is 43.7 Å². The maximum Gasteiger partial charge on any atom is 0.281 e. The number of carbonyl (C=O) groups excluding carboxylic acids is 2. The normalized spacial score (nSPS) is 15.4. The zero-order chi connectivity index (χ0) is 26.2. The Balaban J connectivity index is 1.60. The minimum Gasteiger partial charge on any atom is -0.386 e.